The fraction of sp³-hybridized carbons (Fsp3) is 1.00. The highest BCUT2D eigenvalue weighted by molar-refractivity contribution is 7.82. The summed E-state index contributed by atoms with van der Waals surface area (Å²) in [4.78, 5) is 0. The van der Waals surface area contributed by atoms with Crippen molar-refractivity contribution in [3.63, 3.8) is 0 Å². The van der Waals surface area contributed by atoms with Crippen LogP contribution in [0.25, 0.3) is 0 Å². The maximum absolute atomic E-state index is 11.5. The molecule has 1 heterocycles. The summed E-state index contributed by atoms with van der Waals surface area (Å²) in [5.74, 6) is 2.55. The first-order valence-corrected chi connectivity index (χ1v) is 6.14. The first-order valence-electron chi connectivity index (χ1n) is 4.87. The van der Waals surface area contributed by atoms with E-state index in [0.717, 1.165) is 24.1 Å². The van der Waals surface area contributed by atoms with Gasteiger partial charge in [-0.1, -0.05) is 12.8 Å². The third kappa shape index (κ3) is 1.57. The molecular formula is C9H17NOS. The Balaban J connectivity index is 2.02. The average Bonchev–Trinajstić information content (AvgIpc) is 2.07. The van der Waals surface area contributed by atoms with Gasteiger partial charge in [-0.05, 0) is 31.7 Å². The van der Waals surface area contributed by atoms with E-state index in [2.05, 4.69) is 0 Å². The van der Waals surface area contributed by atoms with Gasteiger partial charge < -0.3 is 0 Å². The monoisotopic (exact) mass is 187 g/mol. The molecular weight excluding hydrogens is 170 g/mol. The molecule has 1 saturated carbocycles. The summed E-state index contributed by atoms with van der Waals surface area (Å²) in [7, 11) is 1.32. The Hall–Kier alpha value is 0.110. The van der Waals surface area contributed by atoms with Gasteiger partial charge in [0.1, 0.15) is 0 Å². The van der Waals surface area contributed by atoms with Crippen molar-refractivity contribution in [2.24, 2.45) is 11.8 Å². The van der Waals surface area contributed by atoms with Gasteiger partial charge in [-0.3, -0.25) is 0 Å². The summed E-state index contributed by atoms with van der Waals surface area (Å²) in [6.45, 7) is 1.07. The van der Waals surface area contributed by atoms with Crippen molar-refractivity contribution in [2.75, 3.05) is 19.3 Å². The van der Waals surface area contributed by atoms with Gasteiger partial charge in [-0.2, -0.15) is 0 Å². The Bertz CT molecular complexity index is 195. The predicted octanol–water partition coefficient (Wildman–Crippen LogP) is 1.40. The Labute approximate surface area is 76.9 Å². The normalized spacial score (nSPS) is 43.9. The van der Waals surface area contributed by atoms with E-state index >= 15 is 0 Å². The highest BCUT2D eigenvalue weighted by Crippen LogP contribution is 2.34. The van der Waals surface area contributed by atoms with E-state index in [-0.39, 0.29) is 0 Å². The molecule has 1 aliphatic carbocycles. The van der Waals surface area contributed by atoms with E-state index in [1.54, 1.807) is 0 Å². The van der Waals surface area contributed by atoms with Crippen molar-refractivity contribution < 1.29 is 4.21 Å². The van der Waals surface area contributed by atoms with Gasteiger partial charge >= 0.3 is 0 Å². The molecule has 0 aromatic carbocycles. The number of hydrogen-bond donors (Lipinski definition) is 0. The van der Waals surface area contributed by atoms with E-state index in [1.165, 1.54) is 25.7 Å². The lowest BCUT2D eigenvalue weighted by Gasteiger charge is -2.38. The molecule has 2 fully saturated rings. The highest BCUT2D eigenvalue weighted by atomic mass is 32.2. The molecule has 3 unspecified atom stereocenters. The SMILES string of the molecule is CN1CC2CCCCC2CS1=O. The maximum Gasteiger partial charge on any atom is 0.0942 e. The zero-order chi connectivity index (χ0) is 8.55. The van der Waals surface area contributed by atoms with Crippen LogP contribution in [0.1, 0.15) is 25.7 Å². The second-order valence-corrected chi connectivity index (χ2v) is 5.70. The van der Waals surface area contributed by atoms with Crippen molar-refractivity contribution in [3.05, 3.63) is 0 Å². The lowest BCUT2D eigenvalue weighted by molar-refractivity contribution is 0.210. The molecule has 12 heavy (non-hydrogen) atoms. The van der Waals surface area contributed by atoms with Gasteiger partial charge in [0.25, 0.3) is 0 Å². The molecule has 1 aliphatic heterocycles. The number of nitrogens with zero attached hydrogens (tertiary/aromatic N) is 1. The summed E-state index contributed by atoms with van der Waals surface area (Å²) in [6.07, 6.45) is 5.44. The Morgan fingerprint density at radius 3 is 2.67 bits per heavy atom. The summed E-state index contributed by atoms with van der Waals surface area (Å²) in [5, 5.41) is 0. The summed E-state index contributed by atoms with van der Waals surface area (Å²) < 4.78 is 13.5. The Morgan fingerprint density at radius 2 is 1.92 bits per heavy atom. The first kappa shape index (κ1) is 8.70. The predicted molar refractivity (Wildman–Crippen MR) is 51.1 cm³/mol. The number of rotatable bonds is 0. The van der Waals surface area contributed by atoms with Crippen LogP contribution in [0, 0.1) is 11.8 Å². The summed E-state index contributed by atoms with van der Waals surface area (Å²) in [5.41, 5.74) is 0. The van der Waals surface area contributed by atoms with E-state index < -0.39 is 11.0 Å². The van der Waals surface area contributed by atoms with Crippen LogP contribution in [0.4, 0.5) is 0 Å². The highest BCUT2D eigenvalue weighted by Gasteiger charge is 2.33. The first-order chi connectivity index (χ1) is 5.77. The third-order valence-corrected chi connectivity index (χ3v) is 4.82. The molecule has 3 heteroatoms. The van der Waals surface area contributed by atoms with Crippen LogP contribution in [0.15, 0.2) is 0 Å². The fourth-order valence-electron chi connectivity index (χ4n) is 2.47. The molecule has 0 aromatic rings. The minimum Gasteiger partial charge on any atom is -0.243 e. The second-order valence-electron chi connectivity index (χ2n) is 4.10. The second kappa shape index (κ2) is 3.46. The molecule has 0 aromatic heterocycles. The maximum atomic E-state index is 11.5. The van der Waals surface area contributed by atoms with Gasteiger partial charge in [0.05, 0.1) is 11.0 Å². The fourth-order valence-corrected chi connectivity index (χ4v) is 3.89. The standard InChI is InChI=1S/C9H17NOS/c1-10-6-8-4-2-3-5-9(8)7-12(10)11/h8-9H,2-7H2,1H3. The molecule has 1 saturated heterocycles. The van der Waals surface area contributed by atoms with Gasteiger partial charge in [-0.25, -0.2) is 8.51 Å². The zero-order valence-corrected chi connectivity index (χ0v) is 8.48. The van der Waals surface area contributed by atoms with Crippen LogP contribution in [-0.2, 0) is 11.0 Å². The third-order valence-electron chi connectivity index (χ3n) is 3.26. The zero-order valence-electron chi connectivity index (χ0n) is 7.66. The van der Waals surface area contributed by atoms with Crippen LogP contribution in [0.5, 0.6) is 0 Å². The number of fused-ring (bicyclic) bond motifs is 1. The summed E-state index contributed by atoms with van der Waals surface area (Å²) in [6, 6.07) is 0. The molecule has 0 N–H and O–H groups in total. The molecule has 2 rings (SSSR count). The van der Waals surface area contributed by atoms with E-state index in [9.17, 15) is 4.21 Å². The van der Waals surface area contributed by atoms with Gasteiger partial charge in [-0.15, -0.1) is 0 Å². The van der Waals surface area contributed by atoms with Crippen LogP contribution in [-0.4, -0.2) is 27.9 Å². The van der Waals surface area contributed by atoms with Gasteiger partial charge in [0, 0.05) is 12.3 Å². The topological polar surface area (TPSA) is 20.3 Å². The molecule has 70 valence electrons. The van der Waals surface area contributed by atoms with Crippen molar-refractivity contribution in [1.82, 2.24) is 4.31 Å². The molecule has 2 nitrogen and oxygen atoms in total. The molecule has 0 amide bonds. The minimum atomic E-state index is -0.670. The smallest absolute Gasteiger partial charge is 0.0942 e. The van der Waals surface area contributed by atoms with Crippen LogP contribution >= 0.6 is 0 Å². The Kier molecular flexibility index (Phi) is 2.51. The lowest BCUT2D eigenvalue weighted by Crippen LogP contribution is -2.42. The molecule has 0 bridgehead atoms. The van der Waals surface area contributed by atoms with Crippen molar-refractivity contribution in [1.29, 1.82) is 0 Å². The average molecular weight is 187 g/mol. The van der Waals surface area contributed by atoms with Crippen LogP contribution in [0.2, 0.25) is 0 Å². The molecule has 0 spiro atoms. The van der Waals surface area contributed by atoms with Gasteiger partial charge in [0.2, 0.25) is 0 Å². The van der Waals surface area contributed by atoms with Crippen LogP contribution < -0.4 is 0 Å². The van der Waals surface area contributed by atoms with Crippen LogP contribution in [0.3, 0.4) is 0 Å². The Morgan fingerprint density at radius 1 is 1.25 bits per heavy atom. The van der Waals surface area contributed by atoms with E-state index in [4.69, 9.17) is 0 Å². The quantitative estimate of drug-likeness (QED) is 0.561. The summed E-state index contributed by atoms with van der Waals surface area (Å²) >= 11 is 0. The minimum absolute atomic E-state index is 0.670. The van der Waals surface area contributed by atoms with Gasteiger partial charge in [0.15, 0.2) is 0 Å². The van der Waals surface area contributed by atoms with Crippen molar-refractivity contribution in [3.8, 4) is 0 Å². The molecule has 3 atom stereocenters. The van der Waals surface area contributed by atoms with E-state index in [0.29, 0.717) is 0 Å². The van der Waals surface area contributed by atoms with E-state index in [1.807, 2.05) is 11.4 Å². The number of hydrogen-bond acceptors (Lipinski definition) is 1. The molecule has 2 aliphatic rings. The lowest BCUT2D eigenvalue weighted by atomic mass is 9.80. The van der Waals surface area contributed by atoms with Crippen molar-refractivity contribution >= 4 is 11.0 Å². The largest absolute Gasteiger partial charge is 0.243 e. The molecule has 0 radical (unpaired) electrons. The van der Waals surface area contributed by atoms with Crippen molar-refractivity contribution in [2.45, 2.75) is 25.7 Å².